The Labute approximate surface area is 188 Å². The number of amides is 1. The van der Waals surface area contributed by atoms with E-state index in [0.29, 0.717) is 22.5 Å². The number of anilines is 1. The highest BCUT2D eigenvalue weighted by Gasteiger charge is 2.32. The lowest BCUT2D eigenvalue weighted by Gasteiger charge is -2.28. The Morgan fingerprint density at radius 1 is 1.29 bits per heavy atom. The van der Waals surface area contributed by atoms with Gasteiger partial charge >= 0.3 is 0 Å². The van der Waals surface area contributed by atoms with E-state index < -0.39 is 0 Å². The van der Waals surface area contributed by atoms with E-state index in [1.54, 1.807) is 0 Å². The molecule has 2 N–H and O–H groups in total. The summed E-state index contributed by atoms with van der Waals surface area (Å²) in [5.74, 6) is 1.13. The molecule has 3 heterocycles. The van der Waals surface area contributed by atoms with Crippen LogP contribution in [0.2, 0.25) is 0 Å². The molecular formula is C23H30N6OS. The molecule has 1 aromatic carbocycles. The SMILES string of the molecule is C=C1N=CN=C(N2c3ccccc3CC2C)C(C)N=C(C(=O)NCC2CCNCC2)S1. The molecule has 31 heavy (non-hydrogen) atoms. The summed E-state index contributed by atoms with van der Waals surface area (Å²) in [5, 5.41) is 7.32. The Hall–Kier alpha value is -2.45. The predicted octanol–water partition coefficient (Wildman–Crippen LogP) is 2.99. The third-order valence-corrected chi connectivity index (χ3v) is 6.77. The van der Waals surface area contributed by atoms with Gasteiger partial charge in [0.15, 0.2) is 5.04 Å². The first-order valence-corrected chi connectivity index (χ1v) is 11.8. The second-order valence-electron chi connectivity index (χ2n) is 8.29. The van der Waals surface area contributed by atoms with Gasteiger partial charge in [0.1, 0.15) is 18.2 Å². The third-order valence-electron chi connectivity index (χ3n) is 5.95. The summed E-state index contributed by atoms with van der Waals surface area (Å²) in [6.45, 7) is 10.8. The Morgan fingerprint density at radius 2 is 2.06 bits per heavy atom. The second-order valence-corrected chi connectivity index (χ2v) is 9.36. The zero-order chi connectivity index (χ0) is 21.8. The molecule has 1 fully saturated rings. The van der Waals surface area contributed by atoms with Crippen molar-refractivity contribution in [3.8, 4) is 0 Å². The number of carbonyl (C=O) groups is 1. The number of thioether (sulfide) groups is 1. The van der Waals surface area contributed by atoms with Crippen LogP contribution >= 0.6 is 11.8 Å². The van der Waals surface area contributed by atoms with Crippen LogP contribution in [0.15, 0.2) is 50.9 Å². The first kappa shape index (κ1) is 21.8. The van der Waals surface area contributed by atoms with Crippen LogP contribution in [-0.2, 0) is 11.2 Å². The lowest BCUT2D eigenvalue weighted by Crippen LogP contribution is -2.42. The van der Waals surface area contributed by atoms with Crippen molar-refractivity contribution in [2.75, 3.05) is 24.5 Å². The fourth-order valence-electron chi connectivity index (χ4n) is 4.34. The maximum atomic E-state index is 13.0. The number of aliphatic imine (C=N–C) groups is 3. The molecule has 1 amide bonds. The highest BCUT2D eigenvalue weighted by molar-refractivity contribution is 8.18. The number of benzene rings is 1. The number of fused-ring (bicyclic) bond motifs is 1. The average molecular weight is 439 g/mol. The largest absolute Gasteiger partial charge is 0.350 e. The summed E-state index contributed by atoms with van der Waals surface area (Å²) < 4.78 is 0. The van der Waals surface area contributed by atoms with Crippen LogP contribution in [0.3, 0.4) is 0 Å². The molecule has 3 aliphatic rings. The molecule has 0 saturated carbocycles. The summed E-state index contributed by atoms with van der Waals surface area (Å²) in [6, 6.07) is 8.34. The topological polar surface area (TPSA) is 81.5 Å². The number of piperidine rings is 1. The van der Waals surface area contributed by atoms with Crippen LogP contribution in [0.25, 0.3) is 0 Å². The van der Waals surface area contributed by atoms with Crippen molar-refractivity contribution in [1.82, 2.24) is 10.6 Å². The first-order chi connectivity index (χ1) is 15.0. The van der Waals surface area contributed by atoms with Gasteiger partial charge in [0, 0.05) is 18.3 Å². The monoisotopic (exact) mass is 438 g/mol. The first-order valence-electron chi connectivity index (χ1n) is 10.9. The molecule has 3 aliphatic heterocycles. The summed E-state index contributed by atoms with van der Waals surface area (Å²) >= 11 is 1.20. The van der Waals surface area contributed by atoms with Crippen LogP contribution < -0.4 is 15.5 Å². The molecule has 0 aromatic heterocycles. The molecule has 2 atom stereocenters. The van der Waals surface area contributed by atoms with Gasteiger partial charge in [-0.2, -0.15) is 0 Å². The van der Waals surface area contributed by atoms with Crippen LogP contribution in [0, 0.1) is 5.92 Å². The summed E-state index contributed by atoms with van der Waals surface area (Å²) in [7, 11) is 0. The second kappa shape index (κ2) is 9.78. The molecule has 8 heteroatoms. The van der Waals surface area contributed by atoms with Gasteiger partial charge in [-0.3, -0.25) is 9.79 Å². The molecule has 2 unspecified atom stereocenters. The van der Waals surface area contributed by atoms with Gasteiger partial charge in [-0.15, -0.1) is 0 Å². The summed E-state index contributed by atoms with van der Waals surface area (Å²) in [4.78, 5) is 29.0. The maximum absolute atomic E-state index is 13.0. The molecule has 7 nitrogen and oxygen atoms in total. The number of para-hydroxylation sites is 1. The normalized spacial score (nSPS) is 24.6. The maximum Gasteiger partial charge on any atom is 0.276 e. The number of amidine groups is 1. The molecule has 0 aliphatic carbocycles. The van der Waals surface area contributed by atoms with Crippen molar-refractivity contribution in [2.24, 2.45) is 20.9 Å². The number of carbonyl (C=O) groups excluding carboxylic acids is 1. The molecule has 0 spiro atoms. The molecule has 0 bridgehead atoms. The Morgan fingerprint density at radius 3 is 2.87 bits per heavy atom. The van der Waals surface area contributed by atoms with Crippen LogP contribution in [0.5, 0.6) is 0 Å². The van der Waals surface area contributed by atoms with E-state index in [1.807, 2.05) is 13.0 Å². The predicted molar refractivity (Wildman–Crippen MR) is 130 cm³/mol. The quantitative estimate of drug-likeness (QED) is 0.760. The number of hydrogen-bond acceptors (Lipinski definition) is 7. The lowest BCUT2D eigenvalue weighted by molar-refractivity contribution is -0.114. The Balaban J connectivity index is 1.56. The van der Waals surface area contributed by atoms with Crippen LogP contribution in [-0.4, -0.2) is 54.8 Å². The van der Waals surface area contributed by atoms with Crippen molar-refractivity contribution in [3.63, 3.8) is 0 Å². The van der Waals surface area contributed by atoms with Gasteiger partial charge in [-0.05, 0) is 75.5 Å². The van der Waals surface area contributed by atoms with E-state index in [2.05, 4.69) is 57.2 Å². The van der Waals surface area contributed by atoms with Gasteiger partial charge in [0.2, 0.25) is 0 Å². The minimum atomic E-state index is -0.293. The highest BCUT2D eigenvalue weighted by Crippen LogP contribution is 2.33. The summed E-state index contributed by atoms with van der Waals surface area (Å²) in [6.07, 6.45) is 4.64. The zero-order valence-electron chi connectivity index (χ0n) is 18.2. The Kier molecular flexibility index (Phi) is 6.87. The van der Waals surface area contributed by atoms with Crippen molar-refractivity contribution < 1.29 is 4.79 Å². The van der Waals surface area contributed by atoms with Crippen molar-refractivity contribution in [2.45, 2.75) is 45.2 Å². The van der Waals surface area contributed by atoms with Gasteiger partial charge < -0.3 is 15.5 Å². The lowest BCUT2D eigenvalue weighted by atomic mass is 9.98. The van der Waals surface area contributed by atoms with E-state index in [1.165, 1.54) is 23.7 Å². The van der Waals surface area contributed by atoms with E-state index in [4.69, 9.17) is 4.99 Å². The van der Waals surface area contributed by atoms with Gasteiger partial charge in [-0.1, -0.05) is 24.8 Å². The van der Waals surface area contributed by atoms with Gasteiger partial charge in [0.05, 0.1) is 5.03 Å². The standard InChI is InChI=1S/C23H30N6OS/c1-15-12-19-6-4-5-7-20(19)29(15)21-16(2)28-23(31-17(3)26-14-27-21)22(30)25-13-18-8-10-24-11-9-18/h4-7,14-16,18,24H,3,8-13H2,1-2H3,(H,25,30). The third kappa shape index (κ3) is 5.07. The Bertz CT molecular complexity index is 934. The molecule has 164 valence electrons. The van der Waals surface area contributed by atoms with E-state index in [9.17, 15) is 4.79 Å². The smallest absolute Gasteiger partial charge is 0.276 e. The molecular weight excluding hydrogens is 408 g/mol. The van der Waals surface area contributed by atoms with Crippen LogP contribution in [0.4, 0.5) is 5.69 Å². The van der Waals surface area contributed by atoms with E-state index >= 15 is 0 Å². The van der Waals surface area contributed by atoms with E-state index in [0.717, 1.165) is 43.9 Å². The minimum absolute atomic E-state index is 0.164. The number of hydrogen-bond donors (Lipinski definition) is 2. The summed E-state index contributed by atoms with van der Waals surface area (Å²) in [5.41, 5.74) is 2.44. The zero-order valence-corrected chi connectivity index (χ0v) is 19.0. The number of rotatable bonds is 3. The number of nitrogens with one attached hydrogen (secondary N) is 2. The average Bonchev–Trinajstić information content (AvgIpc) is 3.13. The van der Waals surface area contributed by atoms with Crippen molar-refractivity contribution in [3.05, 3.63) is 41.4 Å². The molecule has 0 radical (unpaired) electrons. The fraction of sp³-hybridized carbons (Fsp3) is 0.478. The molecule has 1 aromatic rings. The van der Waals surface area contributed by atoms with Gasteiger partial charge in [-0.25, -0.2) is 9.98 Å². The molecule has 4 rings (SSSR count). The highest BCUT2D eigenvalue weighted by atomic mass is 32.2. The van der Waals surface area contributed by atoms with Crippen LogP contribution in [0.1, 0.15) is 32.3 Å². The number of nitrogens with zero attached hydrogens (tertiary/aromatic N) is 4. The van der Waals surface area contributed by atoms with Crippen molar-refractivity contribution in [1.29, 1.82) is 0 Å². The fourth-order valence-corrected chi connectivity index (χ4v) is 5.04. The minimum Gasteiger partial charge on any atom is -0.350 e. The molecule has 1 saturated heterocycles. The van der Waals surface area contributed by atoms with Crippen molar-refractivity contribution >= 4 is 40.6 Å². The van der Waals surface area contributed by atoms with E-state index in [-0.39, 0.29) is 18.0 Å². The van der Waals surface area contributed by atoms with Gasteiger partial charge in [0.25, 0.3) is 5.91 Å².